The average Bonchev–Trinajstić information content (AvgIpc) is 3.37. The topological polar surface area (TPSA) is 124 Å². The number of aryl methyl sites for hydroxylation is 2. The van der Waals surface area contributed by atoms with Gasteiger partial charge in [-0.25, -0.2) is 0 Å². The third-order valence-electron chi connectivity index (χ3n) is 4.49. The number of carbonyl (C=O) groups excluding carboxylic acids is 2. The molecule has 1 aliphatic rings. The lowest BCUT2D eigenvalue weighted by Crippen LogP contribution is -2.19. The molecule has 0 unspecified atom stereocenters. The number of carbonyl (C=O) groups is 2. The van der Waals surface area contributed by atoms with Crippen molar-refractivity contribution in [2.24, 2.45) is 5.73 Å². The monoisotopic (exact) mass is 418 g/mol. The lowest BCUT2D eigenvalue weighted by molar-refractivity contribution is -0.113. The number of thioether (sulfide) groups is 1. The van der Waals surface area contributed by atoms with E-state index in [1.807, 2.05) is 0 Å². The fourth-order valence-corrected chi connectivity index (χ4v) is 5.06. The number of thiophene rings is 1. The largest absolute Gasteiger partial charge is 0.469 e. The number of hydrogen-bond acceptors (Lipinski definition) is 8. The van der Waals surface area contributed by atoms with Gasteiger partial charge in [0.05, 0.1) is 23.1 Å². The molecule has 0 aromatic carbocycles. The van der Waals surface area contributed by atoms with E-state index in [9.17, 15) is 9.59 Å². The van der Waals surface area contributed by atoms with E-state index in [0.29, 0.717) is 22.2 Å². The molecule has 146 valence electrons. The Morgan fingerprint density at radius 2 is 2.14 bits per heavy atom. The molecule has 28 heavy (non-hydrogen) atoms. The normalized spacial score (nSPS) is 13.3. The Balaban J connectivity index is 1.42. The van der Waals surface area contributed by atoms with Crippen molar-refractivity contribution in [3.05, 3.63) is 34.1 Å². The number of nitrogens with two attached hydrogens (primary N) is 1. The van der Waals surface area contributed by atoms with Gasteiger partial charge in [-0.15, -0.1) is 21.5 Å². The van der Waals surface area contributed by atoms with Gasteiger partial charge in [0.2, 0.25) is 5.91 Å². The van der Waals surface area contributed by atoms with E-state index in [4.69, 9.17) is 14.6 Å². The molecule has 3 aromatic rings. The molecule has 0 saturated heterocycles. The van der Waals surface area contributed by atoms with Crippen LogP contribution in [0.3, 0.4) is 0 Å². The molecule has 0 bridgehead atoms. The second-order valence-electron chi connectivity index (χ2n) is 6.38. The van der Waals surface area contributed by atoms with Gasteiger partial charge in [-0.05, 0) is 44.2 Å². The Morgan fingerprint density at radius 1 is 1.32 bits per heavy atom. The second-order valence-corrected chi connectivity index (χ2v) is 8.41. The zero-order valence-corrected chi connectivity index (χ0v) is 16.7. The van der Waals surface area contributed by atoms with Crippen molar-refractivity contribution in [3.63, 3.8) is 0 Å². The van der Waals surface area contributed by atoms with Crippen LogP contribution in [0, 0.1) is 6.92 Å². The van der Waals surface area contributed by atoms with Crippen molar-refractivity contribution in [2.75, 3.05) is 11.1 Å². The maximum absolute atomic E-state index is 12.4. The third-order valence-corrected chi connectivity index (χ3v) is 6.52. The Morgan fingerprint density at radius 3 is 2.89 bits per heavy atom. The van der Waals surface area contributed by atoms with Gasteiger partial charge in [0.25, 0.3) is 17.0 Å². The number of primary amides is 1. The van der Waals surface area contributed by atoms with Gasteiger partial charge in [0.15, 0.2) is 0 Å². The molecular weight excluding hydrogens is 400 g/mol. The first-order valence-corrected chi connectivity index (χ1v) is 10.6. The van der Waals surface area contributed by atoms with Crippen LogP contribution in [0.1, 0.15) is 39.4 Å². The average molecular weight is 419 g/mol. The highest BCUT2D eigenvalue weighted by Crippen LogP contribution is 2.38. The molecule has 8 nitrogen and oxygen atoms in total. The molecule has 4 rings (SSSR count). The van der Waals surface area contributed by atoms with E-state index in [-0.39, 0.29) is 16.9 Å². The van der Waals surface area contributed by atoms with Crippen molar-refractivity contribution in [3.8, 4) is 11.5 Å². The zero-order valence-electron chi connectivity index (χ0n) is 15.1. The van der Waals surface area contributed by atoms with Gasteiger partial charge in [-0.1, -0.05) is 11.8 Å². The Kier molecular flexibility index (Phi) is 5.23. The minimum absolute atomic E-state index is 0.0762. The number of hydrogen-bond donors (Lipinski definition) is 2. The molecule has 3 aromatic heterocycles. The fraction of sp³-hybridized carbons (Fsp3) is 0.333. The first-order chi connectivity index (χ1) is 13.5. The van der Waals surface area contributed by atoms with Crippen molar-refractivity contribution >= 4 is 39.9 Å². The van der Waals surface area contributed by atoms with Gasteiger partial charge in [0, 0.05) is 4.88 Å². The molecule has 3 heterocycles. The molecule has 0 fully saturated rings. The van der Waals surface area contributed by atoms with Gasteiger partial charge in [-0.3, -0.25) is 9.59 Å². The molecular formula is C18H18N4O4S2. The first kappa shape index (κ1) is 18.8. The van der Waals surface area contributed by atoms with Crippen LogP contribution in [0.4, 0.5) is 5.00 Å². The predicted octanol–water partition coefficient (Wildman–Crippen LogP) is 3.41. The van der Waals surface area contributed by atoms with Crippen LogP contribution in [-0.2, 0) is 17.6 Å². The van der Waals surface area contributed by atoms with Crippen LogP contribution in [0.2, 0.25) is 0 Å². The number of rotatable bonds is 6. The van der Waals surface area contributed by atoms with E-state index in [2.05, 4.69) is 15.5 Å². The van der Waals surface area contributed by atoms with Crippen LogP contribution >= 0.6 is 23.1 Å². The van der Waals surface area contributed by atoms with E-state index in [0.717, 1.165) is 53.4 Å². The Labute approximate surface area is 168 Å². The van der Waals surface area contributed by atoms with Gasteiger partial charge in [-0.2, -0.15) is 0 Å². The number of anilines is 1. The summed E-state index contributed by atoms with van der Waals surface area (Å²) in [5.74, 6) is 0.340. The Bertz CT molecular complexity index is 1040. The molecule has 1 aliphatic carbocycles. The van der Waals surface area contributed by atoms with Crippen molar-refractivity contribution in [2.45, 2.75) is 37.8 Å². The standard InChI is InChI=1S/C18H18N4O4S2/c1-9-10(6-7-25-9)16-21-22-18(26-16)27-8-13(23)20-17-14(15(19)24)11-4-2-3-5-12(11)28-17/h6-7H,2-5,8H2,1H3,(H2,19,24)(H,20,23). The van der Waals surface area contributed by atoms with E-state index >= 15 is 0 Å². The summed E-state index contributed by atoms with van der Waals surface area (Å²) < 4.78 is 10.8. The van der Waals surface area contributed by atoms with Crippen LogP contribution in [0.15, 0.2) is 26.4 Å². The van der Waals surface area contributed by atoms with E-state index < -0.39 is 5.91 Å². The highest BCUT2D eigenvalue weighted by molar-refractivity contribution is 7.99. The quantitative estimate of drug-likeness (QED) is 0.588. The number of nitrogens with zero attached hydrogens (tertiary/aromatic N) is 2. The minimum atomic E-state index is -0.501. The van der Waals surface area contributed by atoms with Crippen LogP contribution < -0.4 is 11.1 Å². The highest BCUT2D eigenvalue weighted by atomic mass is 32.2. The first-order valence-electron chi connectivity index (χ1n) is 8.78. The summed E-state index contributed by atoms with van der Waals surface area (Å²) in [5.41, 5.74) is 7.72. The summed E-state index contributed by atoms with van der Waals surface area (Å²) in [6.07, 6.45) is 5.41. The summed E-state index contributed by atoms with van der Waals surface area (Å²) in [6, 6.07) is 1.74. The SMILES string of the molecule is Cc1occc1-c1nnc(SCC(=O)Nc2sc3c(c2C(N)=O)CCCC3)o1. The molecule has 0 spiro atoms. The maximum atomic E-state index is 12.4. The van der Waals surface area contributed by atoms with E-state index in [1.165, 1.54) is 11.3 Å². The summed E-state index contributed by atoms with van der Waals surface area (Å²) in [6.45, 7) is 1.80. The van der Waals surface area contributed by atoms with Crippen molar-refractivity contribution < 1.29 is 18.4 Å². The molecule has 0 aliphatic heterocycles. The fourth-order valence-electron chi connectivity index (χ4n) is 3.19. The van der Waals surface area contributed by atoms with Crippen LogP contribution in [-0.4, -0.2) is 27.8 Å². The molecule has 3 N–H and O–H groups in total. The number of aromatic nitrogens is 2. The van der Waals surface area contributed by atoms with Crippen LogP contribution in [0.5, 0.6) is 0 Å². The second kappa shape index (κ2) is 7.80. The van der Waals surface area contributed by atoms with Gasteiger partial charge in [0.1, 0.15) is 10.8 Å². The van der Waals surface area contributed by atoms with Gasteiger partial charge >= 0.3 is 0 Å². The summed E-state index contributed by atoms with van der Waals surface area (Å²) in [4.78, 5) is 25.4. The summed E-state index contributed by atoms with van der Waals surface area (Å²) in [7, 11) is 0. The number of furan rings is 1. The molecule has 2 amide bonds. The smallest absolute Gasteiger partial charge is 0.277 e. The zero-order chi connectivity index (χ0) is 19.7. The summed E-state index contributed by atoms with van der Waals surface area (Å²) in [5, 5.41) is 11.6. The molecule has 10 heteroatoms. The van der Waals surface area contributed by atoms with Crippen molar-refractivity contribution in [1.29, 1.82) is 0 Å². The maximum Gasteiger partial charge on any atom is 0.277 e. The number of fused-ring (bicyclic) bond motifs is 1. The molecule has 0 saturated carbocycles. The third kappa shape index (κ3) is 3.69. The highest BCUT2D eigenvalue weighted by Gasteiger charge is 2.25. The lowest BCUT2D eigenvalue weighted by atomic mass is 9.95. The van der Waals surface area contributed by atoms with Crippen molar-refractivity contribution in [1.82, 2.24) is 10.2 Å². The minimum Gasteiger partial charge on any atom is -0.469 e. The predicted molar refractivity (Wildman–Crippen MR) is 106 cm³/mol. The molecule has 0 atom stereocenters. The van der Waals surface area contributed by atoms with Crippen LogP contribution in [0.25, 0.3) is 11.5 Å². The number of amides is 2. The number of nitrogens with one attached hydrogen (secondary N) is 1. The van der Waals surface area contributed by atoms with E-state index in [1.54, 1.807) is 19.3 Å². The summed E-state index contributed by atoms with van der Waals surface area (Å²) >= 11 is 2.57. The Hall–Kier alpha value is -2.59. The van der Waals surface area contributed by atoms with Gasteiger partial charge < -0.3 is 19.9 Å². The lowest BCUT2D eigenvalue weighted by Gasteiger charge is -2.11. The molecule has 0 radical (unpaired) electrons.